The molecule has 1 aromatic carbocycles. The smallest absolute Gasteiger partial charge is 0.0782 e. The predicted molar refractivity (Wildman–Crippen MR) is 71.2 cm³/mol. The minimum atomic E-state index is -0.350. The second kappa shape index (κ2) is 5.32. The fraction of sp³-hybridized carbons (Fsp3) is 0.455. The van der Waals surface area contributed by atoms with E-state index in [9.17, 15) is 0 Å². The van der Waals surface area contributed by atoms with Crippen molar-refractivity contribution >= 4 is 46.4 Å². The van der Waals surface area contributed by atoms with Crippen molar-refractivity contribution < 1.29 is 5.11 Å². The lowest BCUT2D eigenvalue weighted by Gasteiger charge is -2.27. The van der Waals surface area contributed by atoms with Gasteiger partial charge in [-0.05, 0) is 23.5 Å². The Hall–Kier alpha value is 0.340. The molecule has 16 heavy (non-hydrogen) atoms. The van der Waals surface area contributed by atoms with Gasteiger partial charge in [-0.25, -0.2) is 0 Å². The Labute approximate surface area is 115 Å². The zero-order chi connectivity index (χ0) is 12.5. The maximum atomic E-state index is 9.02. The van der Waals surface area contributed by atoms with Gasteiger partial charge in [0.1, 0.15) is 0 Å². The molecule has 1 nitrogen and oxygen atoms in total. The highest BCUT2D eigenvalue weighted by atomic mass is 35.5. The zero-order valence-electron chi connectivity index (χ0n) is 8.95. The van der Waals surface area contributed by atoms with E-state index in [1.54, 1.807) is 6.07 Å². The van der Waals surface area contributed by atoms with Crippen LogP contribution in [0.25, 0.3) is 0 Å². The monoisotopic (exact) mass is 300 g/mol. The van der Waals surface area contributed by atoms with E-state index in [1.807, 2.05) is 13.8 Å². The molecule has 0 saturated heterocycles. The summed E-state index contributed by atoms with van der Waals surface area (Å²) in [7, 11) is 0. The molecule has 1 rings (SSSR count). The third kappa shape index (κ3) is 2.77. The van der Waals surface area contributed by atoms with Gasteiger partial charge >= 0.3 is 0 Å². The molecule has 0 saturated carbocycles. The highest BCUT2D eigenvalue weighted by molar-refractivity contribution is 6.49. The Morgan fingerprint density at radius 2 is 1.62 bits per heavy atom. The highest BCUT2D eigenvalue weighted by Crippen LogP contribution is 2.44. The van der Waals surface area contributed by atoms with Crippen molar-refractivity contribution in [1.29, 1.82) is 0 Å². The van der Waals surface area contributed by atoms with E-state index in [0.29, 0.717) is 26.5 Å². The second-order valence-corrected chi connectivity index (χ2v) is 5.77. The molecule has 0 bridgehead atoms. The van der Waals surface area contributed by atoms with Gasteiger partial charge < -0.3 is 5.11 Å². The number of rotatable bonds is 3. The van der Waals surface area contributed by atoms with Crippen LogP contribution in [0.4, 0.5) is 0 Å². The van der Waals surface area contributed by atoms with E-state index in [2.05, 4.69) is 0 Å². The van der Waals surface area contributed by atoms with Crippen LogP contribution in [0.2, 0.25) is 20.1 Å². The summed E-state index contributed by atoms with van der Waals surface area (Å²) in [4.78, 5) is 0. The topological polar surface area (TPSA) is 20.2 Å². The van der Waals surface area contributed by atoms with Crippen molar-refractivity contribution in [1.82, 2.24) is 0 Å². The molecule has 0 aliphatic rings. The molecular weight excluding hydrogens is 290 g/mol. The van der Waals surface area contributed by atoms with Crippen molar-refractivity contribution in [3.05, 3.63) is 31.7 Å². The first kappa shape index (κ1) is 14.4. The lowest BCUT2D eigenvalue weighted by atomic mass is 9.82. The van der Waals surface area contributed by atoms with E-state index >= 15 is 0 Å². The van der Waals surface area contributed by atoms with E-state index in [0.717, 1.165) is 5.56 Å². The standard InChI is InChI=1S/C11H12Cl4O/c1-11(2,3-4-16)8-6(12)5-7(13)9(14)10(8)15/h5,16H,3-4H2,1-2H3. The maximum Gasteiger partial charge on any atom is 0.0782 e. The number of aliphatic hydroxyl groups excluding tert-OH is 1. The summed E-state index contributed by atoms with van der Waals surface area (Å²) in [5, 5.41) is 10.5. The van der Waals surface area contributed by atoms with Gasteiger partial charge in [-0.1, -0.05) is 60.3 Å². The van der Waals surface area contributed by atoms with Crippen LogP contribution >= 0.6 is 46.4 Å². The SMILES string of the molecule is CC(C)(CCO)c1c(Cl)cc(Cl)c(Cl)c1Cl. The lowest BCUT2D eigenvalue weighted by molar-refractivity contribution is 0.252. The van der Waals surface area contributed by atoms with Crippen LogP contribution in [0, 0.1) is 0 Å². The van der Waals surface area contributed by atoms with E-state index in [4.69, 9.17) is 51.5 Å². The van der Waals surface area contributed by atoms with Gasteiger partial charge in [-0.2, -0.15) is 0 Å². The first-order chi connectivity index (χ1) is 7.31. The zero-order valence-corrected chi connectivity index (χ0v) is 12.0. The fourth-order valence-corrected chi connectivity index (χ4v) is 3.02. The van der Waals surface area contributed by atoms with Gasteiger partial charge in [0.25, 0.3) is 0 Å². The molecule has 5 heteroatoms. The molecule has 0 radical (unpaired) electrons. The molecular formula is C11H12Cl4O. The van der Waals surface area contributed by atoms with Crippen LogP contribution in [0.15, 0.2) is 6.07 Å². The van der Waals surface area contributed by atoms with Gasteiger partial charge in [0.15, 0.2) is 0 Å². The van der Waals surface area contributed by atoms with Crippen molar-refractivity contribution in [2.24, 2.45) is 0 Å². The van der Waals surface area contributed by atoms with Gasteiger partial charge in [-0.3, -0.25) is 0 Å². The van der Waals surface area contributed by atoms with E-state index in [-0.39, 0.29) is 12.0 Å². The molecule has 0 unspecified atom stereocenters. The van der Waals surface area contributed by atoms with Crippen LogP contribution in [-0.4, -0.2) is 11.7 Å². The summed E-state index contributed by atoms with van der Waals surface area (Å²) in [6, 6.07) is 1.58. The molecule has 0 spiro atoms. The highest BCUT2D eigenvalue weighted by Gasteiger charge is 2.27. The third-order valence-electron chi connectivity index (χ3n) is 2.53. The molecule has 0 fully saturated rings. The summed E-state index contributed by atoms with van der Waals surface area (Å²) in [6.45, 7) is 3.95. The number of halogens is 4. The number of aliphatic hydroxyl groups is 1. The van der Waals surface area contributed by atoms with Crippen molar-refractivity contribution in [3.63, 3.8) is 0 Å². The van der Waals surface area contributed by atoms with Gasteiger partial charge in [0, 0.05) is 11.6 Å². The Morgan fingerprint density at radius 1 is 1.06 bits per heavy atom. The average Bonchev–Trinajstić information content (AvgIpc) is 2.13. The maximum absolute atomic E-state index is 9.02. The molecule has 90 valence electrons. The fourth-order valence-electron chi connectivity index (χ4n) is 1.59. The van der Waals surface area contributed by atoms with E-state index in [1.165, 1.54) is 0 Å². The summed E-state index contributed by atoms with van der Waals surface area (Å²) in [5.74, 6) is 0. The summed E-state index contributed by atoms with van der Waals surface area (Å²) >= 11 is 24.1. The van der Waals surface area contributed by atoms with Crippen molar-refractivity contribution in [2.45, 2.75) is 25.7 Å². The molecule has 1 N–H and O–H groups in total. The summed E-state index contributed by atoms with van der Waals surface area (Å²) in [5.41, 5.74) is 0.372. The molecule has 0 atom stereocenters. The molecule has 1 aromatic rings. The minimum Gasteiger partial charge on any atom is -0.396 e. The van der Waals surface area contributed by atoms with Gasteiger partial charge in [0.2, 0.25) is 0 Å². The number of hydrogen-bond donors (Lipinski definition) is 1. The van der Waals surface area contributed by atoms with Crippen LogP contribution in [-0.2, 0) is 5.41 Å². The van der Waals surface area contributed by atoms with Crippen LogP contribution in [0.5, 0.6) is 0 Å². The third-order valence-corrected chi connectivity index (χ3v) is 4.09. The first-order valence-electron chi connectivity index (χ1n) is 4.75. The predicted octanol–water partition coefficient (Wildman–Crippen LogP) is 4.96. The second-order valence-electron chi connectivity index (χ2n) is 4.20. The van der Waals surface area contributed by atoms with Crippen molar-refractivity contribution in [2.75, 3.05) is 6.61 Å². The minimum absolute atomic E-state index is 0.0555. The van der Waals surface area contributed by atoms with Crippen LogP contribution in [0.1, 0.15) is 25.8 Å². The van der Waals surface area contributed by atoms with Gasteiger partial charge in [-0.15, -0.1) is 0 Å². The Kier molecular flexibility index (Phi) is 4.79. The molecule has 0 aliphatic carbocycles. The average molecular weight is 302 g/mol. The number of hydrogen-bond acceptors (Lipinski definition) is 1. The van der Waals surface area contributed by atoms with Gasteiger partial charge in [0.05, 0.1) is 15.1 Å². The molecule has 0 amide bonds. The first-order valence-corrected chi connectivity index (χ1v) is 6.26. The lowest BCUT2D eigenvalue weighted by Crippen LogP contribution is -2.20. The van der Waals surface area contributed by atoms with Crippen LogP contribution in [0.3, 0.4) is 0 Å². The van der Waals surface area contributed by atoms with E-state index < -0.39 is 0 Å². The quantitative estimate of drug-likeness (QED) is 0.618. The Morgan fingerprint density at radius 3 is 2.12 bits per heavy atom. The van der Waals surface area contributed by atoms with Crippen molar-refractivity contribution in [3.8, 4) is 0 Å². The molecule has 0 aliphatic heterocycles. The van der Waals surface area contributed by atoms with Crippen LogP contribution < -0.4 is 0 Å². The normalized spacial score (nSPS) is 11.9. The summed E-state index contributed by atoms with van der Waals surface area (Å²) in [6.07, 6.45) is 0.546. The summed E-state index contributed by atoms with van der Waals surface area (Å²) < 4.78 is 0. The Balaban J connectivity index is 3.39. The molecule has 0 aromatic heterocycles. The molecule has 0 heterocycles. The largest absolute Gasteiger partial charge is 0.396 e. The Bertz CT molecular complexity index is 401. The number of benzene rings is 1.